The van der Waals surface area contributed by atoms with E-state index in [1.165, 1.54) is 30.3 Å². The van der Waals surface area contributed by atoms with E-state index in [9.17, 15) is 19.2 Å². The number of carbonyl (C=O) groups is 4. The average Bonchev–Trinajstić information content (AvgIpc) is 3.11. The van der Waals surface area contributed by atoms with Crippen LogP contribution in [0.15, 0.2) is 77.5 Å². The summed E-state index contributed by atoms with van der Waals surface area (Å²) in [6.07, 6.45) is 0. The lowest BCUT2D eigenvalue weighted by molar-refractivity contribution is -0.120. The Hall–Kier alpha value is -3.85. The molecule has 2 N–H and O–H groups in total. The molecule has 0 bridgehead atoms. The molecule has 8 nitrogen and oxygen atoms in total. The van der Waals surface area contributed by atoms with Crippen molar-refractivity contribution in [2.45, 2.75) is 13.5 Å². The Kier molecular flexibility index (Phi) is 8.36. The van der Waals surface area contributed by atoms with Crippen LogP contribution < -0.4 is 15.5 Å². The van der Waals surface area contributed by atoms with Crippen molar-refractivity contribution >= 4 is 69.9 Å². The number of imide groups is 1. The summed E-state index contributed by atoms with van der Waals surface area (Å²) in [5.41, 5.74) is 1.53. The maximum atomic E-state index is 13.2. The Morgan fingerprint density at radius 3 is 2.37 bits per heavy atom. The molecule has 0 spiro atoms. The monoisotopic (exact) mass is 571 g/mol. The molecule has 3 aromatic carbocycles. The molecule has 0 aromatic heterocycles. The second-order valence-electron chi connectivity index (χ2n) is 8.03. The minimum absolute atomic E-state index is 0.162. The number of nitrogens with one attached hydrogen (secondary N) is 2. The molecular weight excluding hydrogens is 553 g/mol. The maximum Gasteiger partial charge on any atom is 0.338 e. The third kappa shape index (κ3) is 5.83. The highest BCUT2D eigenvalue weighted by Crippen LogP contribution is 2.31. The van der Waals surface area contributed by atoms with Crippen molar-refractivity contribution in [3.05, 3.63) is 104 Å². The summed E-state index contributed by atoms with van der Waals surface area (Å²) >= 11 is 18.3. The van der Waals surface area contributed by atoms with Gasteiger partial charge in [-0.15, -0.1) is 0 Å². The van der Waals surface area contributed by atoms with Crippen LogP contribution in [0, 0.1) is 0 Å². The number of carbonyl (C=O) groups excluding carboxylic acids is 4. The largest absolute Gasteiger partial charge is 0.462 e. The van der Waals surface area contributed by atoms with Crippen LogP contribution in [0.4, 0.5) is 11.4 Å². The summed E-state index contributed by atoms with van der Waals surface area (Å²) in [5, 5.41) is 6.20. The predicted octanol–water partition coefficient (Wildman–Crippen LogP) is 5.54. The number of amides is 3. The zero-order valence-electron chi connectivity index (χ0n) is 19.9. The summed E-state index contributed by atoms with van der Waals surface area (Å²) in [6.45, 7) is 2.03. The van der Waals surface area contributed by atoms with Gasteiger partial charge in [-0.1, -0.05) is 53.0 Å². The summed E-state index contributed by atoms with van der Waals surface area (Å²) in [7, 11) is 0. The van der Waals surface area contributed by atoms with Crippen LogP contribution in [0.5, 0.6) is 0 Å². The molecule has 194 valence electrons. The fourth-order valence-corrected chi connectivity index (χ4v) is 4.35. The van der Waals surface area contributed by atoms with E-state index in [-0.39, 0.29) is 41.0 Å². The molecule has 11 heteroatoms. The average molecular weight is 573 g/mol. The number of anilines is 2. The molecule has 0 saturated heterocycles. The lowest BCUT2D eigenvalue weighted by atomic mass is 10.1. The lowest BCUT2D eigenvalue weighted by Gasteiger charge is -2.16. The lowest BCUT2D eigenvalue weighted by Crippen LogP contribution is -2.32. The third-order valence-electron chi connectivity index (χ3n) is 5.49. The summed E-state index contributed by atoms with van der Waals surface area (Å²) in [6, 6.07) is 17.2. The first-order valence-electron chi connectivity index (χ1n) is 11.3. The van der Waals surface area contributed by atoms with Gasteiger partial charge in [0, 0.05) is 27.8 Å². The standard InChI is InChI=1S/C27H20Cl3N3O5/c1-2-38-27(37)16-6-4-8-20(12-16)33-25(35)22(30)23(26(33)36)32-19-7-3-5-15(11-19)24(34)31-14-17-9-10-18(28)13-21(17)29/h3-13,32H,2,14H2,1H3,(H,31,34). The number of benzene rings is 3. The number of hydrogen-bond donors (Lipinski definition) is 2. The summed E-state index contributed by atoms with van der Waals surface area (Å²) in [5.74, 6) is -2.44. The first kappa shape index (κ1) is 27.2. The van der Waals surface area contributed by atoms with Gasteiger partial charge in [0.2, 0.25) is 0 Å². The minimum Gasteiger partial charge on any atom is -0.462 e. The number of nitrogens with zero attached hydrogens (tertiary/aromatic N) is 1. The van der Waals surface area contributed by atoms with Gasteiger partial charge in [-0.3, -0.25) is 14.4 Å². The number of esters is 1. The van der Waals surface area contributed by atoms with Crippen molar-refractivity contribution in [1.29, 1.82) is 0 Å². The molecule has 1 aliphatic heterocycles. The van der Waals surface area contributed by atoms with Gasteiger partial charge in [0.15, 0.2) is 0 Å². The highest BCUT2D eigenvalue weighted by Gasteiger charge is 2.39. The quantitative estimate of drug-likeness (QED) is 0.271. The molecule has 38 heavy (non-hydrogen) atoms. The van der Waals surface area contributed by atoms with Gasteiger partial charge in [0.25, 0.3) is 17.7 Å². The van der Waals surface area contributed by atoms with Gasteiger partial charge in [-0.25, -0.2) is 9.69 Å². The van der Waals surface area contributed by atoms with Gasteiger partial charge in [0.1, 0.15) is 10.7 Å². The zero-order chi connectivity index (χ0) is 27.4. The molecule has 0 atom stereocenters. The Morgan fingerprint density at radius 2 is 1.63 bits per heavy atom. The number of hydrogen-bond acceptors (Lipinski definition) is 6. The highest BCUT2D eigenvalue weighted by molar-refractivity contribution is 6.53. The third-order valence-corrected chi connectivity index (χ3v) is 6.43. The molecule has 1 heterocycles. The van der Waals surface area contributed by atoms with E-state index in [4.69, 9.17) is 39.5 Å². The topological polar surface area (TPSA) is 105 Å². The summed E-state index contributed by atoms with van der Waals surface area (Å²) in [4.78, 5) is 51.7. The number of ether oxygens (including phenoxy) is 1. The predicted molar refractivity (Wildman–Crippen MR) is 145 cm³/mol. The van der Waals surface area contributed by atoms with Crippen molar-refractivity contribution < 1.29 is 23.9 Å². The van der Waals surface area contributed by atoms with Gasteiger partial charge in [-0.05, 0) is 61.0 Å². The van der Waals surface area contributed by atoms with E-state index in [0.29, 0.717) is 26.9 Å². The maximum absolute atomic E-state index is 13.2. The molecule has 3 aromatic rings. The molecule has 0 saturated carbocycles. The van der Waals surface area contributed by atoms with Crippen molar-refractivity contribution in [3.8, 4) is 0 Å². The van der Waals surface area contributed by atoms with Crippen molar-refractivity contribution in [2.24, 2.45) is 0 Å². The molecule has 4 rings (SSSR count). The van der Waals surface area contributed by atoms with Gasteiger partial charge < -0.3 is 15.4 Å². The molecule has 3 amide bonds. The van der Waals surface area contributed by atoms with Crippen molar-refractivity contribution in [1.82, 2.24) is 5.32 Å². The Morgan fingerprint density at radius 1 is 0.895 bits per heavy atom. The second-order valence-corrected chi connectivity index (χ2v) is 9.25. The SMILES string of the molecule is CCOC(=O)c1cccc(N2C(=O)C(Cl)=C(Nc3cccc(C(=O)NCc4ccc(Cl)cc4Cl)c3)C2=O)c1. The van der Waals surface area contributed by atoms with Gasteiger partial charge >= 0.3 is 5.97 Å². The van der Waals surface area contributed by atoms with E-state index in [1.54, 1.807) is 43.3 Å². The van der Waals surface area contributed by atoms with E-state index < -0.39 is 17.8 Å². The van der Waals surface area contributed by atoms with Gasteiger partial charge in [-0.2, -0.15) is 0 Å². The van der Waals surface area contributed by atoms with E-state index in [0.717, 1.165) is 4.90 Å². The van der Waals surface area contributed by atoms with E-state index >= 15 is 0 Å². The van der Waals surface area contributed by atoms with Crippen LogP contribution in [0.1, 0.15) is 33.2 Å². The van der Waals surface area contributed by atoms with Crippen LogP contribution in [-0.2, 0) is 20.9 Å². The van der Waals surface area contributed by atoms with E-state index in [2.05, 4.69) is 10.6 Å². The summed E-state index contributed by atoms with van der Waals surface area (Å²) < 4.78 is 4.98. The van der Waals surface area contributed by atoms with Crippen LogP contribution >= 0.6 is 34.8 Å². The smallest absolute Gasteiger partial charge is 0.338 e. The molecule has 0 radical (unpaired) electrons. The Balaban J connectivity index is 1.49. The minimum atomic E-state index is -0.756. The fraction of sp³-hybridized carbons (Fsp3) is 0.111. The first-order chi connectivity index (χ1) is 18.2. The first-order valence-corrected chi connectivity index (χ1v) is 12.5. The Labute approximate surface area is 233 Å². The van der Waals surface area contributed by atoms with E-state index in [1.807, 2.05) is 0 Å². The van der Waals surface area contributed by atoms with Crippen LogP contribution in [0.2, 0.25) is 10.0 Å². The molecule has 0 fully saturated rings. The zero-order valence-corrected chi connectivity index (χ0v) is 22.2. The number of rotatable bonds is 8. The molecule has 0 unspecified atom stereocenters. The molecule has 1 aliphatic rings. The van der Waals surface area contributed by atoms with Gasteiger partial charge in [0.05, 0.1) is 17.9 Å². The van der Waals surface area contributed by atoms with Crippen LogP contribution in [0.3, 0.4) is 0 Å². The normalized spacial score (nSPS) is 13.1. The van der Waals surface area contributed by atoms with Crippen molar-refractivity contribution in [2.75, 3.05) is 16.8 Å². The highest BCUT2D eigenvalue weighted by atomic mass is 35.5. The number of halogens is 3. The molecule has 0 aliphatic carbocycles. The van der Waals surface area contributed by atoms with Crippen LogP contribution in [-0.4, -0.2) is 30.3 Å². The fourth-order valence-electron chi connectivity index (χ4n) is 3.66. The van der Waals surface area contributed by atoms with Crippen LogP contribution in [0.25, 0.3) is 0 Å². The second kappa shape index (κ2) is 11.7. The van der Waals surface area contributed by atoms with Crippen molar-refractivity contribution in [3.63, 3.8) is 0 Å². The molecular formula is C27H20Cl3N3O5. The Bertz CT molecular complexity index is 1490.